The molecule has 9 nitrogen and oxygen atoms in total. The molecule has 0 aliphatic heterocycles. The number of terminal acetylenes is 1. The second-order valence-corrected chi connectivity index (χ2v) is 7.58. The van der Waals surface area contributed by atoms with Crippen molar-refractivity contribution in [2.75, 3.05) is 39.6 Å². The van der Waals surface area contributed by atoms with Gasteiger partial charge in [0.15, 0.2) is 0 Å². The molecule has 2 amide bonds. The Kier molecular flexibility index (Phi) is 21.7. The molecule has 0 saturated heterocycles. The molecule has 1 aromatic rings. The lowest BCUT2D eigenvalue weighted by atomic mass is 10.1. The molecule has 0 heterocycles. The molecule has 0 aliphatic rings. The van der Waals surface area contributed by atoms with Crippen molar-refractivity contribution in [2.45, 2.75) is 52.3 Å². The smallest absolute Gasteiger partial charge is 0.241 e. The van der Waals surface area contributed by atoms with Crippen molar-refractivity contribution >= 4 is 24.3 Å². The summed E-state index contributed by atoms with van der Waals surface area (Å²) in [5.41, 5.74) is 7.28. The predicted molar refractivity (Wildman–Crippen MR) is 138 cm³/mol. The van der Waals surface area contributed by atoms with E-state index in [-0.39, 0.29) is 24.6 Å². The number of aryl methyl sites for hydroxylation is 1. The lowest BCUT2D eigenvalue weighted by Crippen LogP contribution is -2.38. The van der Waals surface area contributed by atoms with E-state index < -0.39 is 0 Å². The first-order valence-electron chi connectivity index (χ1n) is 11.3. The van der Waals surface area contributed by atoms with E-state index in [1.54, 1.807) is 14.1 Å². The van der Waals surface area contributed by atoms with Crippen molar-refractivity contribution in [3.63, 3.8) is 0 Å². The molecule has 1 unspecified atom stereocenters. The van der Waals surface area contributed by atoms with Crippen LogP contribution in [0.25, 0.3) is 0 Å². The lowest BCUT2D eigenvalue weighted by molar-refractivity contribution is -0.118. The van der Waals surface area contributed by atoms with E-state index in [4.69, 9.17) is 11.2 Å². The van der Waals surface area contributed by atoms with E-state index in [9.17, 15) is 14.4 Å². The van der Waals surface area contributed by atoms with Crippen molar-refractivity contribution in [3.8, 4) is 12.3 Å². The van der Waals surface area contributed by atoms with Crippen LogP contribution < -0.4 is 27.0 Å². The maximum absolute atomic E-state index is 12.3. The third-order valence-electron chi connectivity index (χ3n) is 4.82. The Morgan fingerprint density at radius 2 is 1.88 bits per heavy atom. The Bertz CT molecular complexity index is 735. The van der Waals surface area contributed by atoms with Gasteiger partial charge in [-0.05, 0) is 70.1 Å². The Balaban J connectivity index is 0. The molecule has 0 aromatic heterocycles. The van der Waals surface area contributed by atoms with Gasteiger partial charge in [0.2, 0.25) is 12.3 Å². The number of nitrogens with two attached hydrogens (primary N) is 1. The molecular formula is C25H43N5O4. The molecule has 1 aromatic carbocycles. The second kappa shape index (κ2) is 22.0. The molecule has 0 spiro atoms. The van der Waals surface area contributed by atoms with Crippen LogP contribution in [0, 0.1) is 25.2 Å². The van der Waals surface area contributed by atoms with Gasteiger partial charge in [0, 0.05) is 12.2 Å². The number of hydrogen-bond acceptors (Lipinski definition) is 7. The largest absolute Gasteiger partial charge is 0.364 e. The second-order valence-electron chi connectivity index (χ2n) is 7.58. The van der Waals surface area contributed by atoms with Gasteiger partial charge in [-0.3, -0.25) is 9.59 Å². The maximum atomic E-state index is 12.3. The summed E-state index contributed by atoms with van der Waals surface area (Å²) in [6.45, 7) is 7.22. The summed E-state index contributed by atoms with van der Waals surface area (Å²) in [5, 5.41) is 11.4. The molecule has 0 radical (unpaired) electrons. The summed E-state index contributed by atoms with van der Waals surface area (Å²) in [5.74, 6) is 2.72. The molecule has 0 aliphatic carbocycles. The van der Waals surface area contributed by atoms with E-state index in [0.29, 0.717) is 31.9 Å². The van der Waals surface area contributed by atoms with Gasteiger partial charge >= 0.3 is 0 Å². The first-order chi connectivity index (χ1) is 16.3. The average molecular weight is 478 g/mol. The van der Waals surface area contributed by atoms with Gasteiger partial charge in [-0.1, -0.05) is 25.8 Å². The van der Waals surface area contributed by atoms with E-state index >= 15 is 0 Å². The number of anilines is 1. The number of nitrogens with one attached hydrogen (secondary N) is 4. The highest BCUT2D eigenvalue weighted by Crippen LogP contribution is 2.17. The number of rotatable bonds is 14. The van der Waals surface area contributed by atoms with Gasteiger partial charge in [-0.15, -0.1) is 6.42 Å². The van der Waals surface area contributed by atoms with Gasteiger partial charge in [0.05, 0.1) is 18.7 Å². The fourth-order valence-corrected chi connectivity index (χ4v) is 2.79. The third-order valence-corrected chi connectivity index (χ3v) is 4.82. The highest BCUT2D eigenvalue weighted by Gasteiger charge is 2.16. The number of aldehydes is 1. The topological polar surface area (TPSA) is 135 Å². The predicted octanol–water partition coefficient (Wildman–Crippen LogP) is 1.20. The Morgan fingerprint density at radius 3 is 2.35 bits per heavy atom. The van der Waals surface area contributed by atoms with Crippen LogP contribution >= 0.6 is 0 Å². The number of benzene rings is 1. The highest BCUT2D eigenvalue weighted by atomic mass is 16.5. The Morgan fingerprint density at radius 1 is 1.21 bits per heavy atom. The van der Waals surface area contributed by atoms with E-state index in [0.717, 1.165) is 29.5 Å². The molecule has 0 fully saturated rings. The molecule has 0 bridgehead atoms. The molecule has 192 valence electrons. The van der Waals surface area contributed by atoms with Gasteiger partial charge in [0.25, 0.3) is 0 Å². The Hall–Kier alpha value is -2.77. The minimum atomic E-state index is -0.319. The summed E-state index contributed by atoms with van der Waals surface area (Å²) in [4.78, 5) is 32.7. The van der Waals surface area contributed by atoms with Crippen LogP contribution in [0.1, 0.15) is 37.8 Å². The molecule has 6 N–H and O–H groups in total. The van der Waals surface area contributed by atoms with Crippen molar-refractivity contribution < 1.29 is 19.1 Å². The van der Waals surface area contributed by atoms with Crippen molar-refractivity contribution in [3.05, 3.63) is 29.3 Å². The number of likely N-dealkylation sites (N-methyl/N-ethyl adjacent to an activating group) is 2. The standard InChI is InChI=1S/C18H25N3O3.C6H13NO.CH5N/c1-4-10-24-12-15-11-16(8-7-14(15)2)21-18(23)17(19-3)6-5-9-20-13-22;1-5(2)6(4-8)7-3;1-2/h1,7-8,11,13,17,19H,5-6,9-10,12H2,2-3H3,(H,20,22)(H,21,23);4-7H,1-3H3;2H2,1H3/t17-;;/m0../s1. The summed E-state index contributed by atoms with van der Waals surface area (Å²) in [7, 11) is 5.03. The molecule has 9 heteroatoms. The van der Waals surface area contributed by atoms with Crippen LogP contribution in [0.2, 0.25) is 0 Å². The van der Waals surface area contributed by atoms with Gasteiger partial charge < -0.3 is 36.5 Å². The van der Waals surface area contributed by atoms with Gasteiger partial charge in [-0.25, -0.2) is 0 Å². The maximum Gasteiger partial charge on any atom is 0.241 e. The summed E-state index contributed by atoms with van der Waals surface area (Å²) < 4.78 is 5.36. The molecule has 2 atom stereocenters. The molecule has 0 saturated carbocycles. The zero-order chi connectivity index (χ0) is 26.4. The van der Waals surface area contributed by atoms with E-state index in [1.807, 2.05) is 39.0 Å². The first kappa shape index (κ1) is 33.4. The van der Waals surface area contributed by atoms with Crippen LogP contribution in [0.4, 0.5) is 5.69 Å². The normalized spacial score (nSPS) is 11.5. The average Bonchev–Trinajstić information content (AvgIpc) is 2.83. The number of amides is 2. The van der Waals surface area contributed by atoms with Crippen LogP contribution in [-0.4, -0.2) is 65.0 Å². The number of hydrogen-bond donors (Lipinski definition) is 5. The van der Waals surface area contributed by atoms with Gasteiger partial charge in [-0.2, -0.15) is 0 Å². The minimum Gasteiger partial charge on any atom is -0.364 e. The van der Waals surface area contributed by atoms with Crippen LogP contribution in [0.3, 0.4) is 0 Å². The van der Waals surface area contributed by atoms with Crippen LogP contribution in [0.15, 0.2) is 18.2 Å². The fourth-order valence-electron chi connectivity index (χ4n) is 2.79. The van der Waals surface area contributed by atoms with Crippen molar-refractivity contribution in [1.29, 1.82) is 0 Å². The minimum absolute atomic E-state index is 0.0231. The van der Waals surface area contributed by atoms with Crippen molar-refractivity contribution in [2.24, 2.45) is 11.7 Å². The summed E-state index contributed by atoms with van der Waals surface area (Å²) in [6, 6.07) is 5.39. The molecule has 34 heavy (non-hydrogen) atoms. The van der Waals surface area contributed by atoms with Gasteiger partial charge in [0.1, 0.15) is 12.9 Å². The quantitative estimate of drug-likeness (QED) is 0.154. The molecule has 1 rings (SSSR count). The zero-order valence-electron chi connectivity index (χ0n) is 21.4. The van der Waals surface area contributed by atoms with Crippen LogP contribution in [-0.2, 0) is 25.7 Å². The third kappa shape index (κ3) is 15.1. The zero-order valence-corrected chi connectivity index (χ0v) is 21.4. The number of carbonyl (C=O) groups excluding carboxylic acids is 3. The summed E-state index contributed by atoms with van der Waals surface area (Å²) in [6.07, 6.45) is 8.11. The first-order valence-corrected chi connectivity index (χ1v) is 11.3. The van der Waals surface area contributed by atoms with Crippen molar-refractivity contribution in [1.82, 2.24) is 16.0 Å². The lowest BCUT2D eigenvalue weighted by Gasteiger charge is -2.17. The fraction of sp³-hybridized carbons (Fsp3) is 0.560. The SMILES string of the molecule is C#CCOCc1cc(NC(=O)[C@H](CCCNC=O)NC)ccc1C.CN.CNC(C=O)C(C)C. The highest BCUT2D eigenvalue weighted by molar-refractivity contribution is 5.94. The van der Waals surface area contributed by atoms with E-state index in [2.05, 4.69) is 32.9 Å². The summed E-state index contributed by atoms with van der Waals surface area (Å²) >= 11 is 0. The Labute approximate surface area is 205 Å². The van der Waals surface area contributed by atoms with Crippen LogP contribution in [0.5, 0.6) is 0 Å². The number of ether oxygens (including phenoxy) is 1. The molecular weight excluding hydrogens is 434 g/mol. The number of carbonyl (C=O) groups is 3. The van der Waals surface area contributed by atoms with E-state index in [1.165, 1.54) is 7.05 Å². The monoisotopic (exact) mass is 477 g/mol.